The van der Waals surface area contributed by atoms with Crippen LogP contribution < -0.4 is 5.32 Å². The van der Waals surface area contributed by atoms with Gasteiger partial charge in [0.15, 0.2) is 0 Å². The number of aliphatic carboxylic acids is 1. The number of amides is 1. The fourth-order valence-electron chi connectivity index (χ4n) is 2.77. The Morgan fingerprint density at radius 3 is 1.67 bits per heavy atom. The van der Waals surface area contributed by atoms with E-state index in [0.29, 0.717) is 52.6 Å². The van der Waals surface area contributed by atoms with Crippen LogP contribution in [0.5, 0.6) is 0 Å². The van der Waals surface area contributed by atoms with E-state index in [1.54, 1.807) is 0 Å². The minimum Gasteiger partial charge on any atom is -0.480 e. The number of carboxylic acids is 1. The van der Waals surface area contributed by atoms with E-state index in [2.05, 4.69) is 12.2 Å². The van der Waals surface area contributed by atoms with Gasteiger partial charge in [0, 0.05) is 13.0 Å². The first-order chi connectivity index (χ1) is 14.7. The maximum Gasteiger partial charge on any atom is 0.329 e. The molecule has 1 amide bonds. The molecule has 178 valence electrons. The van der Waals surface area contributed by atoms with Crippen molar-refractivity contribution < 1.29 is 33.6 Å². The molecule has 0 saturated carbocycles. The number of carboxylic acid groups (broad SMARTS) is 1. The molecule has 30 heavy (non-hydrogen) atoms. The molecule has 0 aromatic heterocycles. The highest BCUT2D eigenvalue weighted by Crippen LogP contribution is 2.10. The lowest BCUT2D eigenvalue weighted by molar-refractivity contribution is -0.142. The molecule has 8 nitrogen and oxygen atoms in total. The summed E-state index contributed by atoms with van der Waals surface area (Å²) in [6.07, 6.45) is 11.9. The lowest BCUT2D eigenvalue weighted by Gasteiger charge is -2.08. The third-order valence-corrected chi connectivity index (χ3v) is 4.42. The summed E-state index contributed by atoms with van der Waals surface area (Å²) in [5.41, 5.74) is 0. The van der Waals surface area contributed by atoms with E-state index in [4.69, 9.17) is 24.1 Å². The summed E-state index contributed by atoms with van der Waals surface area (Å²) < 4.78 is 20.8. The Bertz CT molecular complexity index is 394. The van der Waals surface area contributed by atoms with E-state index in [0.717, 1.165) is 12.8 Å². The van der Waals surface area contributed by atoms with Gasteiger partial charge in [-0.1, -0.05) is 58.3 Å². The predicted molar refractivity (Wildman–Crippen MR) is 116 cm³/mol. The van der Waals surface area contributed by atoms with Crippen molar-refractivity contribution in [3.8, 4) is 0 Å². The van der Waals surface area contributed by atoms with Gasteiger partial charge in [-0.2, -0.15) is 0 Å². The first-order valence-corrected chi connectivity index (χ1v) is 11.5. The van der Waals surface area contributed by atoms with Gasteiger partial charge in [0.05, 0.1) is 46.2 Å². The number of carbonyl (C=O) groups excluding carboxylic acids is 1. The van der Waals surface area contributed by atoms with Gasteiger partial charge in [0.25, 0.3) is 0 Å². The van der Waals surface area contributed by atoms with Crippen LogP contribution in [0.15, 0.2) is 0 Å². The van der Waals surface area contributed by atoms with Gasteiger partial charge in [-0.15, -0.1) is 0 Å². The van der Waals surface area contributed by atoms with Crippen molar-refractivity contribution in [3.05, 3.63) is 0 Å². The molecule has 0 aliphatic heterocycles. The van der Waals surface area contributed by atoms with Gasteiger partial charge >= 0.3 is 5.97 Å². The maximum absolute atomic E-state index is 11.7. The Balaban J connectivity index is 3.15. The largest absolute Gasteiger partial charge is 0.480 e. The number of unbranched alkanes of at least 4 members (excludes halogenated alkanes) is 8. The zero-order chi connectivity index (χ0) is 22.1. The molecule has 0 spiro atoms. The second-order valence-electron chi connectivity index (χ2n) is 7.21. The first-order valence-electron chi connectivity index (χ1n) is 11.5. The van der Waals surface area contributed by atoms with Crippen LogP contribution in [-0.2, 0) is 28.5 Å². The molecule has 0 fully saturated rings. The van der Waals surface area contributed by atoms with Gasteiger partial charge in [-0.05, 0) is 6.42 Å². The summed E-state index contributed by atoms with van der Waals surface area (Å²) in [6.45, 7) is 5.31. The molecular weight excluding hydrogens is 390 g/mol. The van der Waals surface area contributed by atoms with Crippen molar-refractivity contribution in [1.82, 2.24) is 5.32 Å². The molecule has 2 N–H and O–H groups in total. The summed E-state index contributed by atoms with van der Waals surface area (Å²) in [6, 6.07) is 0. The zero-order valence-electron chi connectivity index (χ0n) is 18.8. The lowest BCUT2D eigenvalue weighted by Crippen LogP contribution is -2.27. The smallest absolute Gasteiger partial charge is 0.329 e. The predicted octanol–water partition coefficient (Wildman–Crippen LogP) is 3.17. The topological polar surface area (TPSA) is 103 Å². The van der Waals surface area contributed by atoms with Crippen LogP contribution in [0.4, 0.5) is 0 Å². The molecule has 0 rings (SSSR count). The van der Waals surface area contributed by atoms with Crippen LogP contribution in [0.25, 0.3) is 0 Å². The molecule has 0 unspecified atom stereocenters. The molecule has 0 radical (unpaired) electrons. The second-order valence-corrected chi connectivity index (χ2v) is 7.21. The van der Waals surface area contributed by atoms with Crippen molar-refractivity contribution in [2.45, 2.75) is 71.1 Å². The first kappa shape index (κ1) is 28.8. The summed E-state index contributed by atoms with van der Waals surface area (Å²) in [4.78, 5) is 22.0. The highest BCUT2D eigenvalue weighted by atomic mass is 16.6. The van der Waals surface area contributed by atoms with Crippen molar-refractivity contribution in [1.29, 1.82) is 0 Å². The van der Waals surface area contributed by atoms with E-state index in [9.17, 15) is 9.59 Å². The molecule has 0 aliphatic carbocycles. The van der Waals surface area contributed by atoms with Crippen LogP contribution in [0.2, 0.25) is 0 Å². The third-order valence-electron chi connectivity index (χ3n) is 4.42. The third kappa shape index (κ3) is 24.8. The van der Waals surface area contributed by atoms with Gasteiger partial charge in [-0.25, -0.2) is 4.79 Å². The summed E-state index contributed by atoms with van der Waals surface area (Å²) in [5, 5.41) is 11.3. The van der Waals surface area contributed by atoms with Crippen LogP contribution in [0, 0.1) is 0 Å². The van der Waals surface area contributed by atoms with Gasteiger partial charge in [0.2, 0.25) is 5.91 Å². The van der Waals surface area contributed by atoms with Crippen LogP contribution in [0.3, 0.4) is 0 Å². The molecular formula is C22H43NO7. The molecule has 0 atom stereocenters. The summed E-state index contributed by atoms with van der Waals surface area (Å²) in [7, 11) is 0. The Morgan fingerprint density at radius 1 is 0.667 bits per heavy atom. The molecule has 0 aromatic carbocycles. The van der Waals surface area contributed by atoms with E-state index in [1.165, 1.54) is 44.9 Å². The van der Waals surface area contributed by atoms with Crippen molar-refractivity contribution in [2.24, 2.45) is 0 Å². The van der Waals surface area contributed by atoms with E-state index >= 15 is 0 Å². The number of rotatable bonds is 24. The average molecular weight is 434 g/mol. The van der Waals surface area contributed by atoms with Crippen molar-refractivity contribution in [3.63, 3.8) is 0 Å². The highest BCUT2D eigenvalue weighted by molar-refractivity contribution is 5.75. The fourth-order valence-corrected chi connectivity index (χ4v) is 2.77. The van der Waals surface area contributed by atoms with Crippen LogP contribution >= 0.6 is 0 Å². The summed E-state index contributed by atoms with van der Waals surface area (Å²) >= 11 is 0. The van der Waals surface area contributed by atoms with E-state index in [-0.39, 0.29) is 19.1 Å². The van der Waals surface area contributed by atoms with Crippen LogP contribution in [-0.4, -0.2) is 76.4 Å². The molecule has 0 aromatic rings. The van der Waals surface area contributed by atoms with Gasteiger partial charge in [0.1, 0.15) is 6.61 Å². The number of carbonyl (C=O) groups is 2. The van der Waals surface area contributed by atoms with Gasteiger partial charge < -0.3 is 29.4 Å². The second kappa shape index (κ2) is 24.1. The highest BCUT2D eigenvalue weighted by Gasteiger charge is 2.01. The SMILES string of the molecule is CCCCCCCCCCCC(=O)NCCOCCOCCOCCOCC(=O)O. The zero-order valence-corrected chi connectivity index (χ0v) is 18.8. The van der Waals surface area contributed by atoms with Crippen LogP contribution in [0.1, 0.15) is 71.1 Å². The molecule has 0 aliphatic rings. The van der Waals surface area contributed by atoms with Crippen molar-refractivity contribution >= 4 is 11.9 Å². The molecule has 0 heterocycles. The standard InChI is InChI=1S/C22H43NO7/c1-2-3-4-5-6-7-8-9-10-11-21(24)23-12-13-27-14-15-28-16-17-29-18-19-30-20-22(25)26/h2-20H2,1H3,(H,23,24)(H,25,26). The maximum atomic E-state index is 11.7. The minimum absolute atomic E-state index is 0.0993. The van der Waals surface area contributed by atoms with Crippen molar-refractivity contribution in [2.75, 3.05) is 59.4 Å². The van der Waals surface area contributed by atoms with E-state index < -0.39 is 5.97 Å². The van der Waals surface area contributed by atoms with Gasteiger partial charge in [-0.3, -0.25) is 4.79 Å². The Morgan fingerprint density at radius 2 is 1.13 bits per heavy atom. The number of hydrogen-bond donors (Lipinski definition) is 2. The number of ether oxygens (including phenoxy) is 4. The Kier molecular flexibility index (Phi) is 23.1. The minimum atomic E-state index is -0.989. The number of nitrogens with one attached hydrogen (secondary N) is 1. The summed E-state index contributed by atoms with van der Waals surface area (Å²) in [5.74, 6) is -0.890. The normalized spacial score (nSPS) is 11.0. The lowest BCUT2D eigenvalue weighted by atomic mass is 10.1. The Labute approximate surface area is 182 Å². The molecule has 0 bridgehead atoms. The quantitative estimate of drug-likeness (QED) is 0.225. The monoisotopic (exact) mass is 433 g/mol. The molecule has 0 saturated heterocycles. The van der Waals surface area contributed by atoms with E-state index in [1.807, 2.05) is 0 Å². The average Bonchev–Trinajstić information content (AvgIpc) is 2.72. The molecule has 8 heteroatoms. The number of hydrogen-bond acceptors (Lipinski definition) is 6. The fraction of sp³-hybridized carbons (Fsp3) is 0.909. The Hall–Kier alpha value is -1.22.